The molecule has 0 spiro atoms. The number of pyridine rings is 1. The normalized spacial score (nSPS) is 12.7. The van der Waals surface area contributed by atoms with Crippen LogP contribution in [0.1, 0.15) is 19.4 Å². The number of anilines is 1. The summed E-state index contributed by atoms with van der Waals surface area (Å²) in [6, 6.07) is 7.00. The zero-order valence-corrected chi connectivity index (χ0v) is 17.9. The Morgan fingerprint density at radius 3 is 2.41 bits per heavy atom. The smallest absolute Gasteiger partial charge is 0.422 e. The Balaban J connectivity index is 1.98. The number of carbonyl (C=O) groups excluding carboxylic acids is 2. The lowest BCUT2D eigenvalue weighted by Gasteiger charge is -2.16. The van der Waals surface area contributed by atoms with Crippen molar-refractivity contribution in [2.45, 2.75) is 37.5 Å². The van der Waals surface area contributed by atoms with Gasteiger partial charge in [-0.2, -0.15) is 17.9 Å². The van der Waals surface area contributed by atoms with Crippen LogP contribution in [0.3, 0.4) is 0 Å². The van der Waals surface area contributed by atoms with Gasteiger partial charge in [0.25, 0.3) is 0 Å². The molecule has 0 radical (unpaired) electrons. The summed E-state index contributed by atoms with van der Waals surface area (Å²) in [5.74, 6) is -1.32. The summed E-state index contributed by atoms with van der Waals surface area (Å²) in [6.07, 6.45) is -3.31. The number of nitrogens with one attached hydrogen (secondary N) is 3. The van der Waals surface area contributed by atoms with Gasteiger partial charge >= 0.3 is 6.18 Å². The van der Waals surface area contributed by atoms with E-state index in [-0.39, 0.29) is 28.8 Å². The quantitative estimate of drug-likeness (QED) is 0.510. The zero-order valence-electron chi connectivity index (χ0n) is 17.1. The van der Waals surface area contributed by atoms with Crippen LogP contribution in [0, 0.1) is 0 Å². The van der Waals surface area contributed by atoms with E-state index in [1.165, 1.54) is 56.4 Å². The second-order valence-corrected chi connectivity index (χ2v) is 8.35. The van der Waals surface area contributed by atoms with Crippen molar-refractivity contribution in [2.75, 3.05) is 11.9 Å². The zero-order chi connectivity index (χ0) is 23.9. The SMILES string of the molecule is CC(=O)Nc1ccc(S(=O)(=O)N[C@@H](C)C(=O)NCc2cccnc2OCC(F)(F)F)cc1. The summed E-state index contributed by atoms with van der Waals surface area (Å²) >= 11 is 0. The second-order valence-electron chi connectivity index (χ2n) is 6.64. The molecule has 2 aromatic rings. The first kappa shape index (κ1) is 25.1. The Morgan fingerprint density at radius 1 is 1.16 bits per heavy atom. The molecule has 3 N–H and O–H groups in total. The number of sulfonamides is 1. The van der Waals surface area contributed by atoms with E-state index in [9.17, 15) is 31.2 Å². The van der Waals surface area contributed by atoms with Crippen molar-refractivity contribution < 1.29 is 35.9 Å². The average Bonchev–Trinajstić information content (AvgIpc) is 2.70. The molecule has 174 valence electrons. The van der Waals surface area contributed by atoms with Crippen molar-refractivity contribution in [3.8, 4) is 5.88 Å². The van der Waals surface area contributed by atoms with Crippen molar-refractivity contribution in [1.29, 1.82) is 0 Å². The largest absolute Gasteiger partial charge is 0.468 e. The van der Waals surface area contributed by atoms with Gasteiger partial charge in [-0.3, -0.25) is 9.59 Å². The molecule has 13 heteroatoms. The van der Waals surface area contributed by atoms with Crippen LogP contribution in [-0.4, -0.2) is 44.0 Å². The summed E-state index contributed by atoms with van der Waals surface area (Å²) < 4.78 is 68.9. The fourth-order valence-corrected chi connectivity index (χ4v) is 3.65. The van der Waals surface area contributed by atoms with Gasteiger partial charge < -0.3 is 15.4 Å². The lowest BCUT2D eigenvalue weighted by molar-refractivity contribution is -0.154. The number of alkyl halides is 3. The van der Waals surface area contributed by atoms with Gasteiger partial charge in [0.1, 0.15) is 0 Å². The predicted molar refractivity (Wildman–Crippen MR) is 108 cm³/mol. The Morgan fingerprint density at radius 2 is 1.81 bits per heavy atom. The van der Waals surface area contributed by atoms with E-state index in [1.54, 1.807) is 0 Å². The van der Waals surface area contributed by atoms with E-state index in [1.807, 2.05) is 0 Å². The monoisotopic (exact) mass is 474 g/mol. The molecule has 0 fully saturated rings. The molecule has 9 nitrogen and oxygen atoms in total. The minimum Gasteiger partial charge on any atom is -0.468 e. The maximum Gasteiger partial charge on any atom is 0.422 e. The number of benzene rings is 1. The van der Waals surface area contributed by atoms with Gasteiger partial charge in [0.15, 0.2) is 6.61 Å². The molecule has 0 unspecified atom stereocenters. The molecule has 32 heavy (non-hydrogen) atoms. The number of halogens is 3. The molecule has 0 saturated heterocycles. The molecular formula is C19H21F3N4O5S. The van der Waals surface area contributed by atoms with Crippen LogP contribution in [0.2, 0.25) is 0 Å². The minimum absolute atomic E-state index is 0.124. The molecule has 1 aromatic heterocycles. The Kier molecular flexibility index (Phi) is 8.16. The molecule has 0 bridgehead atoms. The highest BCUT2D eigenvalue weighted by Gasteiger charge is 2.29. The first-order chi connectivity index (χ1) is 14.9. The molecule has 0 aliphatic rings. The molecule has 0 aliphatic heterocycles. The van der Waals surface area contributed by atoms with Crippen molar-refractivity contribution in [2.24, 2.45) is 0 Å². The predicted octanol–water partition coefficient (Wildman–Crippen LogP) is 1.96. The fourth-order valence-electron chi connectivity index (χ4n) is 2.45. The van der Waals surface area contributed by atoms with Crippen LogP contribution in [0.25, 0.3) is 0 Å². The average molecular weight is 474 g/mol. The van der Waals surface area contributed by atoms with Gasteiger partial charge in [0.05, 0.1) is 10.9 Å². The lowest BCUT2D eigenvalue weighted by Crippen LogP contribution is -2.44. The summed E-state index contributed by atoms with van der Waals surface area (Å²) in [5.41, 5.74) is 0.593. The van der Waals surface area contributed by atoms with Gasteiger partial charge in [-0.05, 0) is 37.3 Å². The van der Waals surface area contributed by atoms with E-state index < -0.39 is 34.8 Å². The number of amides is 2. The van der Waals surface area contributed by atoms with Crippen LogP contribution >= 0.6 is 0 Å². The van der Waals surface area contributed by atoms with Gasteiger partial charge in [-0.1, -0.05) is 6.07 Å². The fraction of sp³-hybridized carbons (Fsp3) is 0.316. The second kappa shape index (κ2) is 10.4. The topological polar surface area (TPSA) is 126 Å². The minimum atomic E-state index is -4.55. The number of hydrogen-bond donors (Lipinski definition) is 3. The van der Waals surface area contributed by atoms with Gasteiger partial charge in [-0.25, -0.2) is 13.4 Å². The molecule has 0 saturated carbocycles. The van der Waals surface area contributed by atoms with Crippen molar-refractivity contribution in [3.05, 3.63) is 48.2 Å². The van der Waals surface area contributed by atoms with E-state index in [0.29, 0.717) is 5.69 Å². The molecular weight excluding hydrogens is 453 g/mol. The van der Waals surface area contributed by atoms with Crippen LogP contribution < -0.4 is 20.1 Å². The van der Waals surface area contributed by atoms with Crippen molar-refractivity contribution >= 4 is 27.5 Å². The third kappa shape index (κ3) is 7.81. The Bertz CT molecular complexity index is 1060. The number of nitrogens with zero attached hydrogens (tertiary/aromatic N) is 1. The van der Waals surface area contributed by atoms with Crippen LogP contribution in [-0.2, 0) is 26.2 Å². The highest BCUT2D eigenvalue weighted by atomic mass is 32.2. The molecule has 1 heterocycles. The maximum absolute atomic E-state index is 12.5. The Hall–Kier alpha value is -3.19. The summed E-state index contributed by atoms with van der Waals surface area (Å²) in [7, 11) is -4.05. The summed E-state index contributed by atoms with van der Waals surface area (Å²) in [5, 5.41) is 4.93. The molecule has 2 amide bonds. The molecule has 1 atom stereocenters. The number of carbonyl (C=O) groups is 2. The third-order valence-corrected chi connectivity index (χ3v) is 5.44. The van der Waals surface area contributed by atoms with Crippen LogP contribution in [0.5, 0.6) is 5.88 Å². The molecule has 2 rings (SSSR count). The lowest BCUT2D eigenvalue weighted by atomic mass is 10.2. The van der Waals surface area contributed by atoms with E-state index in [4.69, 9.17) is 0 Å². The molecule has 0 aliphatic carbocycles. The number of ether oxygens (including phenoxy) is 1. The first-order valence-corrected chi connectivity index (χ1v) is 10.7. The standard InChI is InChI=1S/C19H21F3N4O5S/c1-12(26-32(29,30)16-7-5-15(6-8-16)25-13(2)27)17(28)24-10-14-4-3-9-23-18(14)31-11-19(20,21)22/h3-9,12,26H,10-11H2,1-2H3,(H,24,28)(H,25,27)/t12-/m0/s1. The van der Waals surface area contributed by atoms with Gasteiger partial charge in [0.2, 0.25) is 27.7 Å². The number of hydrogen-bond acceptors (Lipinski definition) is 6. The third-order valence-electron chi connectivity index (χ3n) is 3.89. The maximum atomic E-state index is 12.5. The van der Waals surface area contributed by atoms with Crippen LogP contribution in [0.15, 0.2) is 47.5 Å². The van der Waals surface area contributed by atoms with Gasteiger partial charge in [0, 0.05) is 30.9 Å². The summed E-state index contributed by atoms with van der Waals surface area (Å²) in [4.78, 5) is 26.9. The van der Waals surface area contributed by atoms with Gasteiger partial charge in [-0.15, -0.1) is 0 Å². The summed E-state index contributed by atoms with van der Waals surface area (Å²) in [6.45, 7) is 0.853. The van der Waals surface area contributed by atoms with Crippen molar-refractivity contribution in [1.82, 2.24) is 15.0 Å². The van der Waals surface area contributed by atoms with Crippen molar-refractivity contribution in [3.63, 3.8) is 0 Å². The Labute approximate surface area is 182 Å². The van der Waals surface area contributed by atoms with E-state index in [2.05, 4.69) is 25.1 Å². The molecule has 1 aromatic carbocycles. The highest BCUT2D eigenvalue weighted by molar-refractivity contribution is 7.89. The number of rotatable bonds is 9. The number of aromatic nitrogens is 1. The van der Waals surface area contributed by atoms with E-state index in [0.717, 1.165) is 0 Å². The van der Waals surface area contributed by atoms with Crippen LogP contribution in [0.4, 0.5) is 18.9 Å². The highest BCUT2D eigenvalue weighted by Crippen LogP contribution is 2.20. The van der Waals surface area contributed by atoms with E-state index >= 15 is 0 Å². The first-order valence-electron chi connectivity index (χ1n) is 9.18.